The van der Waals surface area contributed by atoms with E-state index in [0.29, 0.717) is 0 Å². The van der Waals surface area contributed by atoms with Gasteiger partial charge in [0.1, 0.15) is 0 Å². The first kappa shape index (κ1) is 13.9. The van der Waals surface area contributed by atoms with E-state index in [-0.39, 0.29) is 18.9 Å². The molecule has 11 heteroatoms. The zero-order chi connectivity index (χ0) is 8.20. The fraction of sp³-hybridized carbons (Fsp3) is 0. The van der Waals surface area contributed by atoms with Crippen LogP contribution in [0.5, 0.6) is 0 Å². The molecule has 0 aliphatic heterocycles. The van der Waals surface area contributed by atoms with Crippen LogP contribution >= 0.6 is 0 Å². The fourth-order valence-corrected chi connectivity index (χ4v) is 0.401. The van der Waals surface area contributed by atoms with Crippen molar-refractivity contribution in [1.29, 1.82) is 0 Å². The van der Waals surface area contributed by atoms with Crippen LogP contribution in [0.4, 0.5) is 9.05 Å². The van der Waals surface area contributed by atoms with Crippen molar-refractivity contribution in [2.24, 2.45) is 0 Å². The van der Waals surface area contributed by atoms with Gasteiger partial charge in [0.05, 0.1) is 0 Å². The summed E-state index contributed by atoms with van der Waals surface area (Å²) in [4.78, 5) is 4.83. The minimum absolute atomic E-state index is 0. The van der Waals surface area contributed by atoms with Crippen molar-refractivity contribution in [2.75, 3.05) is 0 Å². The van der Waals surface area contributed by atoms with Crippen LogP contribution in [0.2, 0.25) is 0 Å². The van der Waals surface area contributed by atoms with Crippen molar-refractivity contribution < 1.29 is 35.8 Å². The van der Waals surface area contributed by atoms with Gasteiger partial charge < -0.3 is 0 Å². The van der Waals surface area contributed by atoms with Crippen LogP contribution in [0.25, 0.3) is 0 Å². The predicted octanol–water partition coefficient (Wildman–Crippen LogP) is -1.06. The van der Waals surface area contributed by atoms with Gasteiger partial charge in [-0.05, 0) is 0 Å². The standard InChI is InChI=1S/BF2HO6S.Li.H/c2-7-1(8-3)9-10(4,5)6;;/h(H,4,5,6);;. The van der Waals surface area contributed by atoms with Crippen LogP contribution in [-0.4, -0.2) is 39.2 Å². The summed E-state index contributed by atoms with van der Waals surface area (Å²) in [7, 11) is -7.70. The fourth-order valence-electron chi connectivity index (χ4n) is 0.143. The molecule has 0 radical (unpaired) electrons. The van der Waals surface area contributed by atoms with Gasteiger partial charge in [0.25, 0.3) is 0 Å². The zero-order valence-corrected chi connectivity index (χ0v) is 5.05. The molecule has 0 rings (SSSR count). The van der Waals surface area contributed by atoms with Crippen LogP contribution in [0.15, 0.2) is 0 Å². The zero-order valence-electron chi connectivity index (χ0n) is 4.23. The summed E-state index contributed by atoms with van der Waals surface area (Å²) in [6.45, 7) is 0. The maximum atomic E-state index is 10.8. The monoisotopic (exact) mass is 186 g/mol. The summed E-state index contributed by atoms with van der Waals surface area (Å²) in [5, 5.41) is 0. The topological polar surface area (TPSA) is 82.1 Å². The Morgan fingerprint density at radius 3 is 1.73 bits per heavy atom. The van der Waals surface area contributed by atoms with E-state index in [1.165, 1.54) is 0 Å². The van der Waals surface area contributed by atoms with E-state index < -0.39 is 17.7 Å². The summed E-state index contributed by atoms with van der Waals surface area (Å²) in [6, 6.07) is 0. The van der Waals surface area contributed by atoms with E-state index in [9.17, 15) is 17.5 Å². The Hall–Kier alpha value is 0.312. The number of halogens is 2. The molecule has 0 atom stereocenters. The molecule has 6 nitrogen and oxygen atoms in total. The third-order valence-electron chi connectivity index (χ3n) is 0.346. The van der Waals surface area contributed by atoms with Gasteiger partial charge in [-0.2, -0.15) is 18.1 Å². The molecule has 0 spiro atoms. The van der Waals surface area contributed by atoms with E-state index in [1.54, 1.807) is 0 Å². The third kappa shape index (κ3) is 8.22. The van der Waals surface area contributed by atoms with Gasteiger partial charge in [-0.1, -0.05) is 9.05 Å². The van der Waals surface area contributed by atoms with E-state index >= 15 is 0 Å². The molecule has 0 heterocycles. The van der Waals surface area contributed by atoms with Gasteiger partial charge in [-0.15, -0.1) is 0 Å². The quantitative estimate of drug-likeness (QED) is 0.445. The van der Waals surface area contributed by atoms with Crippen LogP contribution < -0.4 is 0 Å². The SMILES string of the molecule is O=S(=O)(O)OB(OF)OF.[LiH]. The Morgan fingerprint density at radius 1 is 1.27 bits per heavy atom. The number of rotatable bonds is 4. The number of hydrogen-bond acceptors (Lipinski definition) is 5. The summed E-state index contributed by atoms with van der Waals surface area (Å²) in [5.41, 5.74) is 0. The average molecular weight is 186 g/mol. The van der Waals surface area contributed by atoms with Gasteiger partial charge in [0.15, 0.2) is 0 Å². The molecular formula is H2BF2LiO6S. The average Bonchev–Trinajstić information content (AvgIpc) is 1.81. The van der Waals surface area contributed by atoms with E-state index in [4.69, 9.17) is 4.55 Å². The molecule has 0 aromatic carbocycles. The first-order valence-corrected chi connectivity index (χ1v) is 3.06. The molecule has 0 bridgehead atoms. The molecule has 0 saturated heterocycles. The van der Waals surface area contributed by atoms with Gasteiger partial charge >= 0.3 is 36.6 Å². The first-order chi connectivity index (χ1) is 4.49. The summed E-state index contributed by atoms with van der Waals surface area (Å²) >= 11 is 0. The molecular weight excluding hydrogens is 184 g/mol. The van der Waals surface area contributed by atoms with Crippen LogP contribution in [-0.2, 0) is 24.2 Å². The van der Waals surface area contributed by atoms with Crippen molar-refractivity contribution in [3.8, 4) is 0 Å². The molecule has 1 N–H and O–H groups in total. The second-order valence-electron chi connectivity index (χ2n) is 0.991. The second-order valence-corrected chi connectivity index (χ2v) is 2.04. The molecule has 0 aromatic rings. The molecule has 0 unspecified atom stereocenters. The van der Waals surface area contributed by atoms with Crippen LogP contribution in [0.1, 0.15) is 0 Å². The van der Waals surface area contributed by atoms with Gasteiger partial charge in [-0.25, -0.2) is 4.10 Å². The predicted molar refractivity (Wildman–Crippen MR) is 29.9 cm³/mol. The molecule has 62 valence electrons. The molecule has 0 saturated carbocycles. The Morgan fingerprint density at radius 2 is 1.64 bits per heavy atom. The van der Waals surface area contributed by atoms with Crippen molar-refractivity contribution in [3.63, 3.8) is 0 Å². The maximum absolute atomic E-state index is 10.8. The van der Waals surface area contributed by atoms with E-state index in [1.807, 2.05) is 0 Å². The van der Waals surface area contributed by atoms with Crippen LogP contribution in [0.3, 0.4) is 0 Å². The minimum atomic E-state index is -4.98. The van der Waals surface area contributed by atoms with Crippen molar-refractivity contribution in [3.05, 3.63) is 0 Å². The van der Waals surface area contributed by atoms with E-state index in [2.05, 4.69) is 13.8 Å². The number of hydrogen-bond donors (Lipinski definition) is 1. The summed E-state index contributed by atoms with van der Waals surface area (Å²) in [5.74, 6) is 0. The third-order valence-corrected chi connectivity index (χ3v) is 0.746. The molecule has 0 aliphatic carbocycles. The van der Waals surface area contributed by atoms with Crippen molar-refractivity contribution >= 4 is 36.6 Å². The van der Waals surface area contributed by atoms with Gasteiger partial charge in [-0.3, -0.25) is 4.55 Å². The van der Waals surface area contributed by atoms with Gasteiger partial charge in [0, 0.05) is 0 Å². The molecule has 0 fully saturated rings. The Labute approximate surface area is 72.9 Å². The molecule has 0 aromatic heterocycles. The Bertz CT molecular complexity index is 175. The summed E-state index contributed by atoms with van der Waals surface area (Å²) in [6.07, 6.45) is 0. The molecule has 0 amide bonds. The Kier molecular flexibility index (Phi) is 7.44. The second kappa shape index (κ2) is 5.90. The normalized spacial score (nSPS) is 10.5. The first-order valence-electron chi connectivity index (χ1n) is 1.70. The van der Waals surface area contributed by atoms with Crippen LogP contribution in [0, 0.1) is 0 Å². The Balaban J connectivity index is 0. The van der Waals surface area contributed by atoms with Crippen molar-refractivity contribution in [1.82, 2.24) is 0 Å². The van der Waals surface area contributed by atoms with Crippen molar-refractivity contribution in [2.45, 2.75) is 0 Å². The molecule has 11 heavy (non-hydrogen) atoms. The summed E-state index contributed by atoms with van der Waals surface area (Å²) < 4.78 is 51.6. The van der Waals surface area contributed by atoms with E-state index in [0.717, 1.165) is 0 Å². The molecule has 0 aliphatic rings. The van der Waals surface area contributed by atoms with Gasteiger partial charge in [0.2, 0.25) is 0 Å².